The molecule has 1 aliphatic carbocycles. The maximum absolute atomic E-state index is 13.0. The molecule has 0 aromatic heterocycles. The van der Waals surface area contributed by atoms with Crippen LogP contribution in [-0.4, -0.2) is 68.1 Å². The molecule has 1 heterocycles. The van der Waals surface area contributed by atoms with Gasteiger partial charge in [0, 0.05) is 19.5 Å². The highest BCUT2D eigenvalue weighted by Gasteiger charge is 2.61. The Hall–Kier alpha value is -2.32. The number of alkyl halides is 1. The number of ether oxygens (including phenoxy) is 1. The second-order valence-corrected chi connectivity index (χ2v) is 6.32. The largest absolute Gasteiger partial charge is 0.483 e. The standard InChI is InChI=1S/C16H25FN4O4/c1-10(25-3)19-9-13(22)21-6-4-5-12(21)14(23)20-16(15(24)18-2)7-11(16)8-17/h11-12,19H,1,4-9H2,2-3H3,(H,18,24)(H,20,23)/t11?,12-,16?/m0/s1. The molecule has 2 unspecified atom stereocenters. The molecular weight excluding hydrogens is 331 g/mol. The Morgan fingerprint density at radius 1 is 1.40 bits per heavy atom. The molecule has 2 fully saturated rings. The van der Waals surface area contributed by atoms with Gasteiger partial charge in [-0.25, -0.2) is 0 Å². The molecule has 1 saturated carbocycles. The van der Waals surface area contributed by atoms with Crippen molar-refractivity contribution < 1.29 is 23.5 Å². The van der Waals surface area contributed by atoms with E-state index in [4.69, 9.17) is 4.74 Å². The lowest BCUT2D eigenvalue weighted by molar-refractivity contribution is -0.139. The van der Waals surface area contributed by atoms with Gasteiger partial charge in [0.15, 0.2) is 5.88 Å². The van der Waals surface area contributed by atoms with Crippen molar-refractivity contribution in [3.05, 3.63) is 12.5 Å². The number of halogens is 1. The summed E-state index contributed by atoms with van der Waals surface area (Å²) >= 11 is 0. The van der Waals surface area contributed by atoms with Gasteiger partial charge in [-0.15, -0.1) is 0 Å². The number of hydrogen-bond acceptors (Lipinski definition) is 5. The molecule has 0 aromatic rings. The predicted molar refractivity (Wildman–Crippen MR) is 87.9 cm³/mol. The second kappa shape index (κ2) is 7.71. The number of carbonyl (C=O) groups is 3. The molecule has 3 atom stereocenters. The van der Waals surface area contributed by atoms with Crippen LogP contribution in [0.1, 0.15) is 19.3 Å². The van der Waals surface area contributed by atoms with E-state index in [0.29, 0.717) is 19.4 Å². The van der Waals surface area contributed by atoms with Gasteiger partial charge in [0.05, 0.1) is 20.3 Å². The average molecular weight is 356 g/mol. The summed E-state index contributed by atoms with van der Waals surface area (Å²) in [6.07, 6.45) is 1.46. The number of hydrogen-bond donors (Lipinski definition) is 3. The van der Waals surface area contributed by atoms with Gasteiger partial charge in [-0.2, -0.15) is 0 Å². The third kappa shape index (κ3) is 3.85. The molecule has 25 heavy (non-hydrogen) atoms. The van der Waals surface area contributed by atoms with Crippen molar-refractivity contribution in [2.24, 2.45) is 5.92 Å². The monoisotopic (exact) mass is 356 g/mol. The van der Waals surface area contributed by atoms with Crippen LogP contribution in [0.5, 0.6) is 0 Å². The van der Waals surface area contributed by atoms with E-state index in [1.54, 1.807) is 0 Å². The Morgan fingerprint density at radius 3 is 2.68 bits per heavy atom. The van der Waals surface area contributed by atoms with Crippen LogP contribution in [0.2, 0.25) is 0 Å². The van der Waals surface area contributed by atoms with Crippen LogP contribution in [-0.2, 0) is 19.1 Å². The molecule has 0 bridgehead atoms. The lowest BCUT2D eigenvalue weighted by Crippen LogP contribution is -2.56. The van der Waals surface area contributed by atoms with Crippen LogP contribution in [0.25, 0.3) is 0 Å². The summed E-state index contributed by atoms with van der Waals surface area (Å²) in [7, 11) is 2.88. The maximum atomic E-state index is 13.0. The molecule has 3 N–H and O–H groups in total. The number of likely N-dealkylation sites (N-methyl/N-ethyl adjacent to an activating group) is 1. The fraction of sp³-hybridized carbons (Fsp3) is 0.688. The third-order valence-electron chi connectivity index (χ3n) is 4.83. The van der Waals surface area contributed by atoms with Crippen LogP contribution < -0.4 is 16.0 Å². The van der Waals surface area contributed by atoms with Gasteiger partial charge < -0.3 is 25.6 Å². The van der Waals surface area contributed by atoms with Gasteiger partial charge in [0.25, 0.3) is 0 Å². The highest BCUT2D eigenvalue weighted by Crippen LogP contribution is 2.44. The molecule has 9 heteroatoms. The van der Waals surface area contributed by atoms with E-state index >= 15 is 0 Å². The van der Waals surface area contributed by atoms with Crippen molar-refractivity contribution in [1.82, 2.24) is 20.9 Å². The van der Waals surface area contributed by atoms with E-state index in [0.717, 1.165) is 0 Å². The zero-order valence-corrected chi connectivity index (χ0v) is 14.6. The average Bonchev–Trinajstić information content (AvgIpc) is 3.10. The Morgan fingerprint density at radius 2 is 2.12 bits per heavy atom. The van der Waals surface area contributed by atoms with E-state index in [1.165, 1.54) is 19.1 Å². The van der Waals surface area contributed by atoms with Crippen molar-refractivity contribution >= 4 is 17.7 Å². The summed E-state index contributed by atoms with van der Waals surface area (Å²) in [4.78, 5) is 38.4. The quantitative estimate of drug-likeness (QED) is 0.498. The SMILES string of the molecule is C=C(NCC(=O)N1CCC[C@H]1C(=O)NC1(C(=O)NC)CC1CF)OC. The van der Waals surface area contributed by atoms with Crippen LogP contribution in [0.4, 0.5) is 4.39 Å². The molecule has 2 aliphatic rings. The van der Waals surface area contributed by atoms with E-state index in [9.17, 15) is 18.8 Å². The Labute approximate surface area is 146 Å². The molecule has 1 saturated heterocycles. The van der Waals surface area contributed by atoms with Crippen LogP contribution in [0.15, 0.2) is 12.5 Å². The molecule has 8 nitrogen and oxygen atoms in total. The van der Waals surface area contributed by atoms with Crippen molar-refractivity contribution in [2.75, 3.05) is 33.9 Å². The first-order valence-electron chi connectivity index (χ1n) is 8.26. The van der Waals surface area contributed by atoms with E-state index in [2.05, 4.69) is 22.5 Å². The van der Waals surface area contributed by atoms with Gasteiger partial charge in [-0.05, 0) is 25.8 Å². The zero-order chi connectivity index (χ0) is 18.6. The Kier molecular flexibility index (Phi) is 5.86. The van der Waals surface area contributed by atoms with Crippen LogP contribution in [0.3, 0.4) is 0 Å². The van der Waals surface area contributed by atoms with Crippen molar-refractivity contribution in [3.8, 4) is 0 Å². The number of carbonyl (C=O) groups excluding carboxylic acids is 3. The molecule has 0 spiro atoms. The lowest BCUT2D eigenvalue weighted by atomic mass is 10.1. The fourth-order valence-electron chi connectivity index (χ4n) is 3.22. The number of methoxy groups -OCH3 is 1. The minimum absolute atomic E-state index is 0.0376. The summed E-state index contributed by atoms with van der Waals surface area (Å²) in [5.74, 6) is -1.35. The first-order valence-corrected chi connectivity index (χ1v) is 8.26. The van der Waals surface area contributed by atoms with E-state index in [-0.39, 0.29) is 24.8 Å². The fourth-order valence-corrected chi connectivity index (χ4v) is 3.22. The lowest BCUT2D eigenvalue weighted by Gasteiger charge is -2.27. The normalized spacial score (nSPS) is 27.4. The zero-order valence-electron chi connectivity index (χ0n) is 14.6. The summed E-state index contributed by atoms with van der Waals surface area (Å²) in [5.41, 5.74) is -1.19. The second-order valence-electron chi connectivity index (χ2n) is 6.32. The molecule has 3 amide bonds. The molecule has 0 radical (unpaired) electrons. The number of nitrogens with one attached hydrogen (secondary N) is 3. The van der Waals surface area contributed by atoms with E-state index in [1.807, 2.05) is 0 Å². The van der Waals surface area contributed by atoms with Crippen LogP contribution in [0, 0.1) is 5.92 Å². The number of rotatable bonds is 8. The summed E-state index contributed by atoms with van der Waals surface area (Å²) < 4.78 is 17.8. The smallest absolute Gasteiger partial charge is 0.245 e. The van der Waals surface area contributed by atoms with Crippen molar-refractivity contribution in [2.45, 2.75) is 30.8 Å². The number of amides is 3. The third-order valence-corrected chi connectivity index (χ3v) is 4.83. The number of nitrogens with zero attached hydrogens (tertiary/aromatic N) is 1. The molecule has 1 aliphatic heterocycles. The van der Waals surface area contributed by atoms with Gasteiger partial charge in [-0.1, -0.05) is 0 Å². The number of likely N-dealkylation sites (tertiary alicyclic amines) is 1. The molecular formula is C16H25FN4O4. The molecule has 140 valence electrons. The minimum Gasteiger partial charge on any atom is -0.483 e. The van der Waals surface area contributed by atoms with Crippen molar-refractivity contribution in [1.29, 1.82) is 0 Å². The highest BCUT2D eigenvalue weighted by molar-refractivity contribution is 5.97. The highest BCUT2D eigenvalue weighted by atomic mass is 19.1. The maximum Gasteiger partial charge on any atom is 0.245 e. The molecule has 0 aromatic carbocycles. The Balaban J connectivity index is 1.99. The topological polar surface area (TPSA) is 99.8 Å². The van der Waals surface area contributed by atoms with Gasteiger partial charge in [0.1, 0.15) is 11.6 Å². The summed E-state index contributed by atoms with van der Waals surface area (Å²) in [5, 5.41) is 7.86. The first kappa shape index (κ1) is 19.0. The van der Waals surface area contributed by atoms with Gasteiger partial charge in [-0.3, -0.25) is 18.8 Å². The summed E-state index contributed by atoms with van der Waals surface area (Å²) in [6.45, 7) is 3.31. The summed E-state index contributed by atoms with van der Waals surface area (Å²) in [6, 6.07) is -0.660. The predicted octanol–water partition coefficient (Wildman–Crippen LogP) is -0.725. The van der Waals surface area contributed by atoms with Crippen molar-refractivity contribution in [3.63, 3.8) is 0 Å². The van der Waals surface area contributed by atoms with Crippen LogP contribution >= 0.6 is 0 Å². The Bertz CT molecular complexity index is 570. The van der Waals surface area contributed by atoms with Gasteiger partial charge in [0.2, 0.25) is 17.7 Å². The molecule has 2 rings (SSSR count). The van der Waals surface area contributed by atoms with E-state index < -0.39 is 36.0 Å². The van der Waals surface area contributed by atoms with Gasteiger partial charge >= 0.3 is 0 Å². The first-order chi connectivity index (χ1) is 11.9. The minimum atomic E-state index is -1.19.